The van der Waals surface area contributed by atoms with Crippen molar-refractivity contribution in [2.24, 2.45) is 5.73 Å². The summed E-state index contributed by atoms with van der Waals surface area (Å²) < 4.78 is 5.26. The fourth-order valence-corrected chi connectivity index (χ4v) is 0.625. The number of hydrogen-bond donors (Lipinski definition) is 2. The van der Waals surface area contributed by atoms with Crippen molar-refractivity contribution in [2.75, 3.05) is 33.4 Å². The Hall–Kier alpha value is -0.120. The molecule has 3 nitrogen and oxygen atoms in total. The van der Waals surface area contributed by atoms with Crippen LogP contribution < -0.4 is 11.1 Å². The van der Waals surface area contributed by atoms with Crippen LogP contribution in [0.4, 0.5) is 0 Å². The number of rotatable bonds is 7. The highest BCUT2D eigenvalue weighted by molar-refractivity contribution is 4.40. The highest BCUT2D eigenvalue weighted by Gasteiger charge is 1.86. The molecule has 76 valence electrons. The Morgan fingerprint density at radius 3 is 2.33 bits per heavy atom. The van der Waals surface area contributed by atoms with Gasteiger partial charge < -0.3 is 15.8 Å². The van der Waals surface area contributed by atoms with Crippen LogP contribution in [0, 0.1) is 0 Å². The largest absolute Gasteiger partial charge is 0.380 e. The van der Waals surface area contributed by atoms with Crippen molar-refractivity contribution in [3.8, 4) is 0 Å². The molecule has 0 fully saturated rings. The molecule has 0 spiro atoms. The van der Waals surface area contributed by atoms with E-state index in [1.165, 1.54) is 0 Å². The minimum Gasteiger partial charge on any atom is -0.380 e. The molecule has 0 bridgehead atoms. The second-order valence-electron chi connectivity index (χ2n) is 2.21. The van der Waals surface area contributed by atoms with E-state index in [-0.39, 0.29) is 0 Å². The first-order chi connectivity index (χ1) is 5.91. The van der Waals surface area contributed by atoms with Gasteiger partial charge in [-0.1, -0.05) is 13.8 Å². The Morgan fingerprint density at radius 1 is 1.17 bits per heavy atom. The molecule has 0 rings (SSSR count). The molecule has 0 saturated carbocycles. The topological polar surface area (TPSA) is 47.3 Å². The third-order valence-electron chi connectivity index (χ3n) is 1.24. The molecule has 0 unspecified atom stereocenters. The van der Waals surface area contributed by atoms with Gasteiger partial charge in [0.25, 0.3) is 0 Å². The van der Waals surface area contributed by atoms with Crippen molar-refractivity contribution in [1.82, 2.24) is 5.32 Å². The lowest BCUT2D eigenvalue weighted by Gasteiger charge is -2.01. The van der Waals surface area contributed by atoms with Crippen molar-refractivity contribution in [3.05, 3.63) is 0 Å². The molecule has 0 aromatic rings. The first kappa shape index (κ1) is 14.4. The summed E-state index contributed by atoms with van der Waals surface area (Å²) in [4.78, 5) is 0. The van der Waals surface area contributed by atoms with Crippen LogP contribution in [0.25, 0.3) is 0 Å². The number of likely N-dealkylation sites (N-methyl/N-ethyl adjacent to an activating group) is 1. The van der Waals surface area contributed by atoms with Crippen LogP contribution in [0.1, 0.15) is 26.7 Å². The van der Waals surface area contributed by atoms with Gasteiger partial charge in [0.05, 0.1) is 6.61 Å². The Labute approximate surface area is 76.7 Å². The predicted octanol–water partition coefficient (Wildman–Crippen LogP) is 0.987. The fraction of sp³-hybridized carbons (Fsp3) is 1.00. The smallest absolute Gasteiger partial charge is 0.0590 e. The fourth-order valence-electron chi connectivity index (χ4n) is 0.625. The van der Waals surface area contributed by atoms with Crippen LogP contribution in [-0.4, -0.2) is 33.4 Å². The standard InChI is InChI=1S/C7H18N2O.C2H6/c1-9-5-7-10-6-3-2-4-8;1-2/h9H,2-8H2,1H3;1-2H3. The molecule has 0 aliphatic heterocycles. The van der Waals surface area contributed by atoms with Crippen LogP contribution in [0.15, 0.2) is 0 Å². The van der Waals surface area contributed by atoms with Gasteiger partial charge in [0, 0.05) is 13.2 Å². The Kier molecular flexibility index (Phi) is 20.5. The summed E-state index contributed by atoms with van der Waals surface area (Å²) in [6.07, 6.45) is 2.15. The van der Waals surface area contributed by atoms with E-state index in [0.29, 0.717) is 0 Å². The molecule has 0 aromatic heterocycles. The van der Waals surface area contributed by atoms with E-state index in [4.69, 9.17) is 10.5 Å². The summed E-state index contributed by atoms with van der Waals surface area (Å²) >= 11 is 0. The lowest BCUT2D eigenvalue weighted by molar-refractivity contribution is 0.134. The average molecular weight is 176 g/mol. The monoisotopic (exact) mass is 176 g/mol. The number of nitrogens with two attached hydrogens (primary N) is 1. The third-order valence-corrected chi connectivity index (χ3v) is 1.24. The Bertz CT molecular complexity index is 52.5. The quantitative estimate of drug-likeness (QED) is 0.569. The number of ether oxygens (including phenoxy) is 1. The number of nitrogens with one attached hydrogen (secondary N) is 1. The minimum absolute atomic E-state index is 0.773. The zero-order chi connectivity index (χ0) is 9.66. The van der Waals surface area contributed by atoms with Crippen LogP contribution in [0.3, 0.4) is 0 Å². The normalized spacial score (nSPS) is 9.00. The molecule has 0 radical (unpaired) electrons. The van der Waals surface area contributed by atoms with Gasteiger partial charge in [-0.25, -0.2) is 0 Å². The van der Waals surface area contributed by atoms with E-state index >= 15 is 0 Å². The second-order valence-corrected chi connectivity index (χ2v) is 2.21. The molecule has 0 aromatic carbocycles. The van der Waals surface area contributed by atoms with Crippen molar-refractivity contribution < 1.29 is 4.74 Å². The number of unbranched alkanes of at least 4 members (excludes halogenated alkanes) is 1. The van der Waals surface area contributed by atoms with E-state index in [9.17, 15) is 0 Å². The lowest BCUT2D eigenvalue weighted by Crippen LogP contribution is -2.14. The van der Waals surface area contributed by atoms with Crippen molar-refractivity contribution in [3.63, 3.8) is 0 Å². The van der Waals surface area contributed by atoms with Gasteiger partial charge in [-0.3, -0.25) is 0 Å². The summed E-state index contributed by atoms with van der Waals surface area (Å²) in [7, 11) is 1.92. The van der Waals surface area contributed by atoms with E-state index in [1.54, 1.807) is 0 Å². The highest BCUT2D eigenvalue weighted by Crippen LogP contribution is 1.85. The summed E-state index contributed by atoms with van der Waals surface area (Å²) in [5.41, 5.74) is 5.30. The zero-order valence-electron chi connectivity index (χ0n) is 8.73. The minimum atomic E-state index is 0.773. The predicted molar refractivity (Wildman–Crippen MR) is 54.4 cm³/mol. The number of hydrogen-bond acceptors (Lipinski definition) is 3. The molecule has 0 heterocycles. The first-order valence-electron chi connectivity index (χ1n) is 4.84. The summed E-state index contributed by atoms with van der Waals surface area (Å²) in [5, 5.41) is 3.01. The van der Waals surface area contributed by atoms with Crippen molar-refractivity contribution >= 4 is 0 Å². The van der Waals surface area contributed by atoms with E-state index in [2.05, 4.69) is 5.32 Å². The van der Waals surface area contributed by atoms with E-state index < -0.39 is 0 Å². The molecular weight excluding hydrogens is 152 g/mol. The SMILES string of the molecule is CC.CNCCOCCCCN. The van der Waals surface area contributed by atoms with E-state index in [0.717, 1.165) is 39.1 Å². The van der Waals surface area contributed by atoms with Crippen LogP contribution in [-0.2, 0) is 4.74 Å². The summed E-state index contributed by atoms with van der Waals surface area (Å²) in [6, 6.07) is 0. The maximum atomic E-state index is 5.30. The second kappa shape index (κ2) is 17.1. The lowest BCUT2D eigenvalue weighted by atomic mass is 10.3. The molecule has 0 aliphatic rings. The van der Waals surface area contributed by atoms with Gasteiger partial charge in [0.15, 0.2) is 0 Å². The molecule has 3 heteroatoms. The van der Waals surface area contributed by atoms with Gasteiger partial charge in [-0.2, -0.15) is 0 Å². The molecule has 3 N–H and O–H groups in total. The highest BCUT2D eigenvalue weighted by atomic mass is 16.5. The first-order valence-corrected chi connectivity index (χ1v) is 4.84. The molecular formula is C9H24N2O. The maximum Gasteiger partial charge on any atom is 0.0590 e. The average Bonchev–Trinajstić information content (AvgIpc) is 2.15. The molecule has 0 atom stereocenters. The summed E-state index contributed by atoms with van der Waals surface area (Å²) in [5.74, 6) is 0. The van der Waals surface area contributed by atoms with Crippen LogP contribution in [0.2, 0.25) is 0 Å². The Morgan fingerprint density at radius 2 is 1.83 bits per heavy atom. The molecule has 0 amide bonds. The van der Waals surface area contributed by atoms with Crippen LogP contribution in [0.5, 0.6) is 0 Å². The van der Waals surface area contributed by atoms with Crippen molar-refractivity contribution in [2.45, 2.75) is 26.7 Å². The molecule has 0 saturated heterocycles. The van der Waals surface area contributed by atoms with Gasteiger partial charge in [0.2, 0.25) is 0 Å². The molecule has 0 aliphatic carbocycles. The van der Waals surface area contributed by atoms with Crippen molar-refractivity contribution in [1.29, 1.82) is 0 Å². The van der Waals surface area contributed by atoms with Gasteiger partial charge >= 0.3 is 0 Å². The summed E-state index contributed by atoms with van der Waals surface area (Å²) in [6.45, 7) is 7.36. The third kappa shape index (κ3) is 16.5. The zero-order valence-corrected chi connectivity index (χ0v) is 8.73. The van der Waals surface area contributed by atoms with Crippen LogP contribution >= 0.6 is 0 Å². The molecule has 12 heavy (non-hydrogen) atoms. The van der Waals surface area contributed by atoms with Gasteiger partial charge in [0.1, 0.15) is 0 Å². The Balaban J connectivity index is 0. The van der Waals surface area contributed by atoms with E-state index in [1.807, 2.05) is 20.9 Å². The van der Waals surface area contributed by atoms with Gasteiger partial charge in [-0.05, 0) is 26.4 Å². The van der Waals surface area contributed by atoms with Gasteiger partial charge in [-0.15, -0.1) is 0 Å². The maximum absolute atomic E-state index is 5.30.